The highest BCUT2D eigenvalue weighted by molar-refractivity contribution is 6.31. The third-order valence-corrected chi connectivity index (χ3v) is 3.53. The lowest BCUT2D eigenvalue weighted by atomic mass is 9.82. The number of nitrogens with zero attached hydrogens (tertiary/aromatic N) is 1. The first-order chi connectivity index (χ1) is 7.83. The Hall–Kier alpha value is -1.04. The van der Waals surface area contributed by atoms with Gasteiger partial charge in [-0.3, -0.25) is 0 Å². The predicted molar refractivity (Wildman–Crippen MR) is 65.4 cm³/mol. The van der Waals surface area contributed by atoms with Gasteiger partial charge in [0.1, 0.15) is 0 Å². The van der Waals surface area contributed by atoms with Gasteiger partial charge in [0, 0.05) is 5.02 Å². The van der Waals surface area contributed by atoms with E-state index in [-0.39, 0.29) is 5.92 Å². The lowest BCUT2D eigenvalue weighted by Gasteiger charge is -2.27. The monoisotopic (exact) mass is 234 g/mol. The molecule has 2 unspecified atom stereocenters. The van der Waals surface area contributed by atoms with Gasteiger partial charge in [0.15, 0.2) is 0 Å². The topological polar surface area (TPSA) is 35.8 Å². The predicted octanol–water partition coefficient (Wildman–Crippen LogP) is 2.95. The highest BCUT2D eigenvalue weighted by Crippen LogP contribution is 2.32. The molecule has 84 valence electrons. The average Bonchev–Trinajstić information content (AvgIpc) is 2.34. The number of piperidine rings is 1. The Labute approximate surface area is 101 Å². The van der Waals surface area contributed by atoms with Gasteiger partial charge in [-0.15, -0.1) is 0 Å². The summed E-state index contributed by atoms with van der Waals surface area (Å²) in [6, 6.07) is 10.1. The summed E-state index contributed by atoms with van der Waals surface area (Å²) < 4.78 is 0. The zero-order chi connectivity index (χ0) is 11.4. The fourth-order valence-electron chi connectivity index (χ4n) is 2.32. The number of nitrogens with one attached hydrogen (secondary N) is 1. The van der Waals surface area contributed by atoms with E-state index < -0.39 is 0 Å². The molecule has 2 nitrogen and oxygen atoms in total. The summed E-state index contributed by atoms with van der Waals surface area (Å²) in [5, 5.41) is 13.4. The zero-order valence-electron chi connectivity index (χ0n) is 9.12. The van der Waals surface area contributed by atoms with Crippen LogP contribution in [0.2, 0.25) is 5.02 Å². The Morgan fingerprint density at radius 2 is 2.25 bits per heavy atom. The highest BCUT2D eigenvalue weighted by atomic mass is 35.5. The molecule has 0 saturated carbocycles. The van der Waals surface area contributed by atoms with E-state index in [0.29, 0.717) is 10.9 Å². The van der Waals surface area contributed by atoms with Crippen LogP contribution in [-0.2, 0) is 0 Å². The molecule has 2 rings (SSSR count). The molecule has 0 radical (unpaired) electrons. The molecule has 1 saturated heterocycles. The molecule has 3 heteroatoms. The van der Waals surface area contributed by atoms with Crippen LogP contribution in [0.5, 0.6) is 0 Å². The van der Waals surface area contributed by atoms with Crippen molar-refractivity contribution in [3.05, 3.63) is 34.9 Å². The molecule has 1 fully saturated rings. The Kier molecular flexibility index (Phi) is 3.82. The highest BCUT2D eigenvalue weighted by Gasteiger charge is 2.26. The van der Waals surface area contributed by atoms with E-state index in [1.807, 2.05) is 24.3 Å². The van der Waals surface area contributed by atoms with Crippen molar-refractivity contribution in [3.63, 3.8) is 0 Å². The molecule has 2 atom stereocenters. The number of benzene rings is 1. The van der Waals surface area contributed by atoms with Crippen molar-refractivity contribution in [2.24, 2.45) is 5.92 Å². The van der Waals surface area contributed by atoms with Gasteiger partial charge in [-0.1, -0.05) is 29.8 Å². The average molecular weight is 235 g/mol. The van der Waals surface area contributed by atoms with Crippen LogP contribution in [-0.4, -0.2) is 13.1 Å². The van der Waals surface area contributed by atoms with Crippen LogP contribution in [0.4, 0.5) is 0 Å². The quantitative estimate of drug-likeness (QED) is 0.854. The minimum Gasteiger partial charge on any atom is -0.316 e. The van der Waals surface area contributed by atoms with Gasteiger partial charge in [-0.2, -0.15) is 5.26 Å². The number of halogens is 1. The second kappa shape index (κ2) is 5.34. The smallest absolute Gasteiger partial charge is 0.0767 e. The first-order valence-corrected chi connectivity index (χ1v) is 6.05. The summed E-state index contributed by atoms with van der Waals surface area (Å²) in [5.74, 6) is 0.306. The SMILES string of the molecule is N#CC(c1ccccc1Cl)C1CCCNC1. The minimum atomic E-state index is -0.0819. The van der Waals surface area contributed by atoms with Gasteiger partial charge in [0.2, 0.25) is 0 Å². The molecule has 1 aliphatic rings. The van der Waals surface area contributed by atoms with E-state index >= 15 is 0 Å². The van der Waals surface area contributed by atoms with E-state index in [4.69, 9.17) is 11.6 Å². The van der Waals surface area contributed by atoms with E-state index in [0.717, 1.165) is 31.5 Å². The van der Waals surface area contributed by atoms with Crippen LogP contribution in [0, 0.1) is 17.2 Å². The van der Waals surface area contributed by atoms with Gasteiger partial charge < -0.3 is 5.32 Å². The van der Waals surface area contributed by atoms with Gasteiger partial charge in [0.25, 0.3) is 0 Å². The molecule has 1 aliphatic heterocycles. The summed E-state index contributed by atoms with van der Waals surface area (Å²) in [5.41, 5.74) is 0.973. The summed E-state index contributed by atoms with van der Waals surface area (Å²) in [6.07, 6.45) is 2.25. The van der Waals surface area contributed by atoms with E-state index in [2.05, 4.69) is 11.4 Å². The van der Waals surface area contributed by atoms with Gasteiger partial charge in [-0.05, 0) is 43.5 Å². The number of rotatable bonds is 2. The molecular formula is C13H15ClN2. The normalized spacial score (nSPS) is 22.4. The fraction of sp³-hybridized carbons (Fsp3) is 0.462. The standard InChI is InChI=1S/C13H15ClN2/c14-13-6-2-1-5-11(13)12(8-15)10-4-3-7-16-9-10/h1-2,5-6,10,12,16H,3-4,7,9H2. The maximum Gasteiger partial charge on any atom is 0.0767 e. The number of nitriles is 1. The van der Waals surface area contributed by atoms with Crippen LogP contribution < -0.4 is 5.32 Å². The molecule has 0 amide bonds. The van der Waals surface area contributed by atoms with Gasteiger partial charge in [-0.25, -0.2) is 0 Å². The molecular weight excluding hydrogens is 220 g/mol. The maximum absolute atomic E-state index is 9.32. The van der Waals surface area contributed by atoms with Crippen molar-refractivity contribution in [1.29, 1.82) is 5.26 Å². The Morgan fingerprint density at radius 1 is 1.44 bits per heavy atom. The lowest BCUT2D eigenvalue weighted by Crippen LogP contribution is -2.33. The van der Waals surface area contributed by atoms with Gasteiger partial charge in [0.05, 0.1) is 12.0 Å². The molecule has 1 aromatic rings. The van der Waals surface area contributed by atoms with E-state index in [1.165, 1.54) is 0 Å². The van der Waals surface area contributed by atoms with E-state index in [1.54, 1.807) is 0 Å². The van der Waals surface area contributed by atoms with Crippen LogP contribution in [0.25, 0.3) is 0 Å². The fourth-order valence-corrected chi connectivity index (χ4v) is 2.57. The first kappa shape index (κ1) is 11.4. The van der Waals surface area contributed by atoms with Gasteiger partial charge >= 0.3 is 0 Å². The third kappa shape index (κ3) is 2.37. The Morgan fingerprint density at radius 3 is 2.88 bits per heavy atom. The lowest BCUT2D eigenvalue weighted by molar-refractivity contribution is 0.355. The first-order valence-electron chi connectivity index (χ1n) is 5.67. The summed E-state index contributed by atoms with van der Waals surface area (Å²) in [4.78, 5) is 0. The maximum atomic E-state index is 9.32. The summed E-state index contributed by atoms with van der Waals surface area (Å²) >= 11 is 6.15. The summed E-state index contributed by atoms with van der Waals surface area (Å²) in [7, 11) is 0. The molecule has 1 aromatic carbocycles. The molecule has 0 bridgehead atoms. The molecule has 1 heterocycles. The van der Waals surface area contributed by atoms with Crippen molar-refractivity contribution in [1.82, 2.24) is 5.32 Å². The van der Waals surface area contributed by atoms with Crippen LogP contribution in [0.3, 0.4) is 0 Å². The zero-order valence-corrected chi connectivity index (χ0v) is 9.87. The van der Waals surface area contributed by atoms with Crippen molar-refractivity contribution in [2.45, 2.75) is 18.8 Å². The largest absolute Gasteiger partial charge is 0.316 e. The molecule has 0 spiro atoms. The van der Waals surface area contributed by atoms with Crippen LogP contribution in [0.1, 0.15) is 24.3 Å². The molecule has 0 aromatic heterocycles. The van der Waals surface area contributed by atoms with Crippen LogP contribution >= 0.6 is 11.6 Å². The number of hydrogen-bond acceptors (Lipinski definition) is 2. The minimum absolute atomic E-state index is 0.0819. The Bertz CT molecular complexity index is 391. The molecule has 16 heavy (non-hydrogen) atoms. The third-order valence-electron chi connectivity index (χ3n) is 3.19. The second-order valence-electron chi connectivity index (χ2n) is 4.23. The number of hydrogen-bond donors (Lipinski definition) is 1. The van der Waals surface area contributed by atoms with Crippen molar-refractivity contribution in [2.75, 3.05) is 13.1 Å². The van der Waals surface area contributed by atoms with Crippen molar-refractivity contribution >= 4 is 11.6 Å². The van der Waals surface area contributed by atoms with E-state index in [9.17, 15) is 5.26 Å². The molecule has 0 aliphatic carbocycles. The molecule has 1 N–H and O–H groups in total. The summed E-state index contributed by atoms with van der Waals surface area (Å²) in [6.45, 7) is 1.99. The van der Waals surface area contributed by atoms with Crippen molar-refractivity contribution in [3.8, 4) is 6.07 Å². The van der Waals surface area contributed by atoms with Crippen LogP contribution in [0.15, 0.2) is 24.3 Å². The Balaban J connectivity index is 2.22. The second-order valence-corrected chi connectivity index (χ2v) is 4.64. The van der Waals surface area contributed by atoms with Crippen molar-refractivity contribution < 1.29 is 0 Å².